The predicted molar refractivity (Wildman–Crippen MR) is 91.0 cm³/mol. The van der Waals surface area contributed by atoms with Gasteiger partial charge in [-0.2, -0.15) is 9.37 Å². The molecular weight excluding hydrogens is 352 g/mol. The van der Waals surface area contributed by atoms with Gasteiger partial charge in [-0.1, -0.05) is 0 Å². The summed E-state index contributed by atoms with van der Waals surface area (Å²) in [5, 5.41) is 0. The highest BCUT2D eigenvalue weighted by molar-refractivity contribution is 7.91. The number of ether oxygens (including phenoxy) is 1. The van der Waals surface area contributed by atoms with Crippen LogP contribution in [0.5, 0.6) is 0 Å². The van der Waals surface area contributed by atoms with Crippen molar-refractivity contribution >= 4 is 21.3 Å². The molecule has 3 heterocycles. The summed E-state index contributed by atoms with van der Waals surface area (Å²) in [5.41, 5.74) is -0.254. The monoisotopic (exact) mass is 375 g/mol. The summed E-state index contributed by atoms with van der Waals surface area (Å²) in [4.78, 5) is 6.26. The number of hydrogen-bond donors (Lipinski definition) is 0. The topological polar surface area (TPSA) is 62.7 Å². The van der Waals surface area contributed by atoms with Gasteiger partial charge < -0.3 is 14.5 Å². The molecule has 0 aromatic carbocycles. The molecule has 2 aliphatic heterocycles. The van der Waals surface area contributed by atoms with Gasteiger partial charge in [-0.05, 0) is 26.7 Å². The van der Waals surface area contributed by atoms with E-state index in [0.717, 1.165) is 12.8 Å². The second-order valence-electron chi connectivity index (χ2n) is 6.29. The first kappa shape index (κ1) is 18.3. The Bertz CT molecular complexity index is 747. The van der Waals surface area contributed by atoms with E-state index in [1.807, 2.05) is 0 Å². The lowest BCUT2D eigenvalue weighted by atomic mass is 10.2. The molecule has 0 bridgehead atoms. The second kappa shape index (κ2) is 7.03. The number of fused-ring (bicyclic) bond motifs is 1. The van der Waals surface area contributed by atoms with E-state index in [2.05, 4.69) is 4.98 Å². The number of rotatable bonds is 5. The van der Waals surface area contributed by atoms with E-state index in [1.54, 1.807) is 18.7 Å². The molecule has 1 fully saturated rings. The summed E-state index contributed by atoms with van der Waals surface area (Å²) in [7, 11) is -3.90. The van der Waals surface area contributed by atoms with Gasteiger partial charge in [0.1, 0.15) is 10.6 Å². The van der Waals surface area contributed by atoms with Gasteiger partial charge in [0.15, 0.2) is 21.5 Å². The molecule has 140 valence electrons. The first-order valence-electron chi connectivity index (χ1n) is 8.62. The number of pyridine rings is 1. The molecular formula is C16H23F2N3O3S. The average molecular weight is 375 g/mol. The Kier molecular flexibility index (Phi) is 5.15. The van der Waals surface area contributed by atoms with Crippen molar-refractivity contribution in [3.63, 3.8) is 0 Å². The van der Waals surface area contributed by atoms with Crippen LogP contribution in [0.15, 0.2) is 4.90 Å². The third-order valence-electron chi connectivity index (χ3n) is 4.78. The van der Waals surface area contributed by atoms with E-state index in [0.29, 0.717) is 26.2 Å². The van der Waals surface area contributed by atoms with Crippen LogP contribution in [0.2, 0.25) is 0 Å². The van der Waals surface area contributed by atoms with E-state index in [4.69, 9.17) is 4.74 Å². The maximum atomic E-state index is 15.0. The van der Waals surface area contributed by atoms with Gasteiger partial charge in [-0.15, -0.1) is 0 Å². The Hall–Kier alpha value is -1.48. The maximum Gasteiger partial charge on any atom is 0.239 e. The van der Waals surface area contributed by atoms with Gasteiger partial charge in [-0.25, -0.2) is 12.8 Å². The van der Waals surface area contributed by atoms with Crippen molar-refractivity contribution < 1.29 is 21.9 Å². The fraction of sp³-hybridized carbons (Fsp3) is 0.688. The minimum Gasteiger partial charge on any atom is -0.376 e. The van der Waals surface area contributed by atoms with Crippen molar-refractivity contribution in [3.05, 3.63) is 11.8 Å². The van der Waals surface area contributed by atoms with Gasteiger partial charge in [0.05, 0.1) is 11.9 Å². The van der Waals surface area contributed by atoms with Crippen molar-refractivity contribution in [2.45, 2.75) is 37.7 Å². The van der Waals surface area contributed by atoms with Crippen LogP contribution in [0, 0.1) is 11.8 Å². The highest BCUT2D eigenvalue weighted by Crippen LogP contribution is 2.38. The lowest BCUT2D eigenvalue weighted by Gasteiger charge is -2.33. The Labute approximate surface area is 146 Å². The summed E-state index contributed by atoms with van der Waals surface area (Å²) in [5.74, 6) is -2.40. The van der Waals surface area contributed by atoms with E-state index in [-0.39, 0.29) is 29.9 Å². The van der Waals surface area contributed by atoms with Gasteiger partial charge in [-0.3, -0.25) is 0 Å². The summed E-state index contributed by atoms with van der Waals surface area (Å²) < 4.78 is 60.3. The molecule has 1 atom stereocenters. The molecule has 0 unspecified atom stereocenters. The SMILES string of the molecule is CCN(CC)c1nc(F)c2c(c1F)S(=O)(=O)CCN2C[C@H]1CCCO1. The van der Waals surface area contributed by atoms with Crippen molar-refractivity contribution in [1.29, 1.82) is 0 Å². The Morgan fingerprint density at radius 3 is 2.64 bits per heavy atom. The smallest absolute Gasteiger partial charge is 0.239 e. The summed E-state index contributed by atoms with van der Waals surface area (Å²) in [6.07, 6.45) is 1.64. The predicted octanol–water partition coefficient (Wildman–Crippen LogP) is 1.98. The first-order chi connectivity index (χ1) is 11.9. The molecule has 25 heavy (non-hydrogen) atoms. The second-order valence-corrected chi connectivity index (χ2v) is 8.34. The third-order valence-corrected chi connectivity index (χ3v) is 6.49. The van der Waals surface area contributed by atoms with Crippen molar-refractivity contribution in [3.8, 4) is 0 Å². The van der Waals surface area contributed by atoms with Crippen LogP contribution in [-0.4, -0.2) is 58.0 Å². The van der Waals surface area contributed by atoms with Crippen molar-refractivity contribution in [1.82, 2.24) is 4.98 Å². The summed E-state index contributed by atoms with van der Waals surface area (Å²) in [6, 6.07) is 0. The largest absolute Gasteiger partial charge is 0.376 e. The van der Waals surface area contributed by atoms with Crippen LogP contribution in [0.3, 0.4) is 0 Å². The fourth-order valence-corrected chi connectivity index (χ4v) is 4.98. The number of aromatic nitrogens is 1. The lowest BCUT2D eigenvalue weighted by Crippen LogP contribution is -2.41. The van der Waals surface area contributed by atoms with Crippen LogP contribution in [-0.2, 0) is 14.6 Å². The molecule has 0 amide bonds. The molecule has 0 radical (unpaired) electrons. The number of sulfone groups is 1. The molecule has 3 rings (SSSR count). The van der Waals surface area contributed by atoms with Crippen molar-refractivity contribution in [2.24, 2.45) is 0 Å². The van der Waals surface area contributed by atoms with Crippen LogP contribution in [0.25, 0.3) is 0 Å². The van der Waals surface area contributed by atoms with Gasteiger partial charge >= 0.3 is 0 Å². The number of anilines is 2. The minimum absolute atomic E-state index is 0.0985. The zero-order valence-electron chi connectivity index (χ0n) is 14.5. The van der Waals surface area contributed by atoms with E-state index >= 15 is 4.39 Å². The molecule has 0 aliphatic carbocycles. The molecule has 6 nitrogen and oxygen atoms in total. The maximum absolute atomic E-state index is 15.0. The fourth-order valence-electron chi connectivity index (χ4n) is 3.45. The van der Waals surface area contributed by atoms with Crippen molar-refractivity contribution in [2.75, 3.05) is 48.3 Å². The molecule has 0 saturated carbocycles. The Morgan fingerprint density at radius 2 is 2.04 bits per heavy atom. The number of hydrogen-bond acceptors (Lipinski definition) is 6. The number of halogens is 2. The standard InChI is InChI=1S/C16H23F2N3O3S/c1-3-20(4-2)16-12(17)14-13(15(18)19-16)21(7-9-25(14,22)23)10-11-6-5-8-24-11/h11H,3-10H2,1-2H3/t11-/m1/s1. The quantitative estimate of drug-likeness (QED) is 0.734. The highest BCUT2D eigenvalue weighted by Gasteiger charge is 2.38. The van der Waals surface area contributed by atoms with Crippen LogP contribution < -0.4 is 9.80 Å². The van der Waals surface area contributed by atoms with Crippen LogP contribution in [0.1, 0.15) is 26.7 Å². The normalized spacial score (nSPS) is 22.1. The average Bonchev–Trinajstić information content (AvgIpc) is 3.07. The third kappa shape index (κ3) is 3.31. The van der Waals surface area contributed by atoms with E-state index in [9.17, 15) is 12.8 Å². The van der Waals surface area contributed by atoms with Crippen LogP contribution in [0.4, 0.5) is 20.3 Å². The summed E-state index contributed by atoms with van der Waals surface area (Å²) in [6.45, 7) is 5.44. The van der Waals surface area contributed by atoms with Gasteiger partial charge in [0.2, 0.25) is 5.95 Å². The lowest BCUT2D eigenvalue weighted by molar-refractivity contribution is 0.115. The minimum atomic E-state index is -3.90. The van der Waals surface area contributed by atoms with Crippen LogP contribution >= 0.6 is 0 Å². The highest BCUT2D eigenvalue weighted by atomic mass is 32.2. The first-order valence-corrected chi connectivity index (χ1v) is 10.3. The Balaban J connectivity index is 2.10. The molecule has 0 N–H and O–H groups in total. The molecule has 2 aliphatic rings. The summed E-state index contributed by atoms with van der Waals surface area (Å²) >= 11 is 0. The zero-order chi connectivity index (χ0) is 18.2. The van der Waals surface area contributed by atoms with E-state index in [1.165, 1.54) is 4.90 Å². The molecule has 1 saturated heterocycles. The molecule has 1 aromatic rings. The van der Waals surface area contributed by atoms with E-state index < -0.39 is 26.5 Å². The molecule has 0 spiro atoms. The zero-order valence-corrected chi connectivity index (χ0v) is 15.3. The number of nitrogens with zero attached hydrogens (tertiary/aromatic N) is 3. The molecule has 9 heteroatoms. The van der Waals surface area contributed by atoms with Gasteiger partial charge in [0.25, 0.3) is 0 Å². The van der Waals surface area contributed by atoms with Gasteiger partial charge in [0, 0.05) is 32.8 Å². The Morgan fingerprint density at radius 1 is 1.32 bits per heavy atom. The molecule has 1 aromatic heterocycles.